The molecule has 0 amide bonds. The molecule has 1 aliphatic carbocycles. The van der Waals surface area contributed by atoms with Gasteiger partial charge in [-0.2, -0.15) is 5.10 Å². The number of aliphatic hydroxyl groups excluding tert-OH is 1. The molecule has 1 saturated carbocycles. The number of nitrogens with zero attached hydrogens (tertiary/aromatic N) is 2. The van der Waals surface area contributed by atoms with E-state index in [1.165, 1.54) is 6.42 Å². The van der Waals surface area contributed by atoms with E-state index in [1.807, 2.05) is 16.9 Å². The first-order valence-electron chi connectivity index (χ1n) is 4.55. The molecule has 66 valence electrons. The Morgan fingerprint density at radius 3 is 2.83 bits per heavy atom. The summed E-state index contributed by atoms with van der Waals surface area (Å²) in [6.45, 7) is 0. The molecule has 1 aromatic heterocycles. The van der Waals surface area contributed by atoms with Crippen molar-refractivity contribution in [2.24, 2.45) is 0 Å². The summed E-state index contributed by atoms with van der Waals surface area (Å²) in [5.41, 5.74) is 0. The Hall–Kier alpha value is -0.830. The third kappa shape index (κ3) is 1.37. The summed E-state index contributed by atoms with van der Waals surface area (Å²) >= 11 is 0. The van der Waals surface area contributed by atoms with Crippen LogP contribution in [0.2, 0.25) is 0 Å². The highest BCUT2D eigenvalue weighted by atomic mass is 16.3. The molecule has 1 fully saturated rings. The topological polar surface area (TPSA) is 38.0 Å². The lowest BCUT2D eigenvalue weighted by molar-refractivity contribution is 0.0694. The van der Waals surface area contributed by atoms with Crippen LogP contribution < -0.4 is 0 Å². The van der Waals surface area contributed by atoms with E-state index >= 15 is 0 Å². The molecule has 0 aromatic carbocycles. The molecule has 2 atom stereocenters. The number of aromatic nitrogens is 2. The van der Waals surface area contributed by atoms with Crippen LogP contribution in [-0.2, 0) is 0 Å². The minimum absolute atomic E-state index is 0.196. The van der Waals surface area contributed by atoms with Gasteiger partial charge in [0, 0.05) is 12.4 Å². The van der Waals surface area contributed by atoms with Gasteiger partial charge in [-0.15, -0.1) is 0 Å². The van der Waals surface area contributed by atoms with Crippen molar-refractivity contribution in [1.82, 2.24) is 9.78 Å². The van der Waals surface area contributed by atoms with E-state index in [4.69, 9.17) is 0 Å². The molecule has 0 saturated heterocycles. The van der Waals surface area contributed by atoms with Crippen molar-refractivity contribution in [3.05, 3.63) is 18.5 Å². The van der Waals surface area contributed by atoms with Crippen LogP contribution in [0.15, 0.2) is 18.5 Å². The van der Waals surface area contributed by atoms with Crippen molar-refractivity contribution in [2.45, 2.75) is 37.8 Å². The second-order valence-corrected chi connectivity index (χ2v) is 3.41. The van der Waals surface area contributed by atoms with Gasteiger partial charge in [0.15, 0.2) is 0 Å². The fourth-order valence-corrected chi connectivity index (χ4v) is 1.88. The predicted octanol–water partition coefficient (Wildman–Crippen LogP) is 1.36. The molecule has 3 nitrogen and oxygen atoms in total. The van der Waals surface area contributed by atoms with Crippen LogP contribution in [-0.4, -0.2) is 21.0 Å². The first-order valence-corrected chi connectivity index (χ1v) is 4.55. The summed E-state index contributed by atoms with van der Waals surface area (Å²) in [6, 6.07) is 2.12. The number of hydrogen-bond donors (Lipinski definition) is 1. The van der Waals surface area contributed by atoms with Gasteiger partial charge in [-0.25, -0.2) is 0 Å². The molecular weight excluding hydrogens is 152 g/mol. The number of hydrogen-bond acceptors (Lipinski definition) is 2. The minimum Gasteiger partial charge on any atom is -0.391 e. The largest absolute Gasteiger partial charge is 0.391 e. The lowest BCUT2D eigenvalue weighted by Gasteiger charge is -2.27. The summed E-state index contributed by atoms with van der Waals surface area (Å²) in [5.74, 6) is 0. The van der Waals surface area contributed by atoms with E-state index in [9.17, 15) is 5.11 Å². The first-order chi connectivity index (χ1) is 5.88. The minimum atomic E-state index is -0.196. The normalized spacial score (nSPS) is 30.4. The summed E-state index contributed by atoms with van der Waals surface area (Å²) in [7, 11) is 0. The van der Waals surface area contributed by atoms with Crippen molar-refractivity contribution >= 4 is 0 Å². The second kappa shape index (κ2) is 3.27. The van der Waals surface area contributed by atoms with Crippen LogP contribution in [0, 0.1) is 0 Å². The Bertz CT molecular complexity index is 233. The molecule has 12 heavy (non-hydrogen) atoms. The Balaban J connectivity index is 2.11. The van der Waals surface area contributed by atoms with Crippen molar-refractivity contribution in [3.63, 3.8) is 0 Å². The molecule has 0 aliphatic heterocycles. The van der Waals surface area contributed by atoms with Crippen LogP contribution in [0.25, 0.3) is 0 Å². The highest BCUT2D eigenvalue weighted by Gasteiger charge is 2.24. The maximum Gasteiger partial charge on any atom is 0.0778 e. The highest BCUT2D eigenvalue weighted by molar-refractivity contribution is 4.86. The summed E-state index contributed by atoms with van der Waals surface area (Å²) in [5, 5.41) is 13.8. The third-order valence-electron chi connectivity index (χ3n) is 2.56. The molecule has 1 aliphatic rings. The van der Waals surface area contributed by atoms with Gasteiger partial charge in [-0.05, 0) is 18.9 Å². The van der Waals surface area contributed by atoms with Crippen LogP contribution in [0.3, 0.4) is 0 Å². The van der Waals surface area contributed by atoms with Gasteiger partial charge in [0.25, 0.3) is 0 Å². The van der Waals surface area contributed by atoms with E-state index in [-0.39, 0.29) is 12.1 Å². The predicted molar refractivity (Wildman–Crippen MR) is 45.7 cm³/mol. The van der Waals surface area contributed by atoms with Gasteiger partial charge in [-0.3, -0.25) is 4.68 Å². The van der Waals surface area contributed by atoms with E-state index in [2.05, 4.69) is 5.10 Å². The molecule has 0 bridgehead atoms. The average Bonchev–Trinajstić information content (AvgIpc) is 2.57. The summed E-state index contributed by atoms with van der Waals surface area (Å²) < 4.78 is 1.88. The quantitative estimate of drug-likeness (QED) is 0.684. The van der Waals surface area contributed by atoms with Crippen molar-refractivity contribution in [1.29, 1.82) is 0 Å². The lowest BCUT2D eigenvalue weighted by Crippen LogP contribution is -2.27. The number of rotatable bonds is 1. The molecule has 1 aromatic rings. The van der Waals surface area contributed by atoms with Crippen molar-refractivity contribution < 1.29 is 5.11 Å². The molecular formula is C9H14N2O. The Kier molecular flexibility index (Phi) is 2.13. The second-order valence-electron chi connectivity index (χ2n) is 3.41. The molecule has 1 heterocycles. The van der Waals surface area contributed by atoms with Gasteiger partial charge in [0.1, 0.15) is 0 Å². The zero-order valence-corrected chi connectivity index (χ0v) is 7.06. The molecule has 0 spiro atoms. The fourth-order valence-electron chi connectivity index (χ4n) is 1.88. The molecule has 3 heteroatoms. The van der Waals surface area contributed by atoms with Crippen LogP contribution >= 0.6 is 0 Å². The first kappa shape index (κ1) is 7.80. The van der Waals surface area contributed by atoms with E-state index in [1.54, 1.807) is 6.20 Å². The highest BCUT2D eigenvalue weighted by Crippen LogP contribution is 2.27. The molecule has 1 N–H and O–H groups in total. The van der Waals surface area contributed by atoms with Gasteiger partial charge in [-0.1, -0.05) is 12.8 Å². The number of aliphatic hydroxyl groups is 1. The zero-order valence-electron chi connectivity index (χ0n) is 7.06. The summed E-state index contributed by atoms with van der Waals surface area (Å²) in [6.07, 6.45) is 7.84. The Morgan fingerprint density at radius 2 is 2.17 bits per heavy atom. The Labute approximate surface area is 72.0 Å². The SMILES string of the molecule is O[C@H]1CCCCC1n1cccn1. The van der Waals surface area contributed by atoms with E-state index < -0.39 is 0 Å². The van der Waals surface area contributed by atoms with Gasteiger partial charge < -0.3 is 5.11 Å². The van der Waals surface area contributed by atoms with Crippen LogP contribution in [0.4, 0.5) is 0 Å². The standard InChI is InChI=1S/C9H14N2O/c12-9-5-2-1-4-8(9)11-7-3-6-10-11/h3,6-9,12H,1-2,4-5H2/t8?,9-/m0/s1. The van der Waals surface area contributed by atoms with Gasteiger partial charge >= 0.3 is 0 Å². The third-order valence-corrected chi connectivity index (χ3v) is 2.56. The van der Waals surface area contributed by atoms with Crippen LogP contribution in [0.1, 0.15) is 31.7 Å². The summed E-state index contributed by atoms with van der Waals surface area (Å²) in [4.78, 5) is 0. The Morgan fingerprint density at radius 1 is 1.33 bits per heavy atom. The monoisotopic (exact) mass is 166 g/mol. The fraction of sp³-hybridized carbons (Fsp3) is 0.667. The zero-order chi connectivity index (χ0) is 8.39. The van der Waals surface area contributed by atoms with Gasteiger partial charge in [0.05, 0.1) is 12.1 Å². The lowest BCUT2D eigenvalue weighted by atomic mass is 9.93. The van der Waals surface area contributed by atoms with E-state index in [0.29, 0.717) is 0 Å². The van der Waals surface area contributed by atoms with Crippen LogP contribution in [0.5, 0.6) is 0 Å². The molecule has 2 rings (SSSR count). The van der Waals surface area contributed by atoms with E-state index in [0.717, 1.165) is 19.3 Å². The molecule has 0 radical (unpaired) electrons. The van der Waals surface area contributed by atoms with Crippen molar-refractivity contribution in [3.8, 4) is 0 Å². The maximum atomic E-state index is 9.68. The average molecular weight is 166 g/mol. The maximum absolute atomic E-state index is 9.68. The smallest absolute Gasteiger partial charge is 0.0778 e. The van der Waals surface area contributed by atoms with Gasteiger partial charge in [0.2, 0.25) is 0 Å². The van der Waals surface area contributed by atoms with Crippen molar-refractivity contribution in [2.75, 3.05) is 0 Å². The molecule has 1 unspecified atom stereocenters.